The van der Waals surface area contributed by atoms with Crippen LogP contribution in [0.25, 0.3) is 11.5 Å². The lowest BCUT2D eigenvalue weighted by atomic mass is 10.3. The van der Waals surface area contributed by atoms with Gasteiger partial charge in [0, 0.05) is 11.1 Å². The van der Waals surface area contributed by atoms with Crippen LogP contribution in [-0.2, 0) is 5.75 Å². The monoisotopic (exact) mass is 284 g/mol. The molecule has 0 radical (unpaired) electrons. The highest BCUT2D eigenvalue weighted by Gasteiger charge is 2.09. The van der Waals surface area contributed by atoms with Crippen molar-refractivity contribution in [1.29, 1.82) is 0 Å². The highest BCUT2D eigenvalue weighted by atomic mass is 32.2. The Morgan fingerprint density at radius 2 is 1.95 bits per heavy atom. The molecule has 0 amide bonds. The number of nitrogens with zero attached hydrogens (tertiary/aromatic N) is 3. The van der Waals surface area contributed by atoms with Gasteiger partial charge in [-0.2, -0.15) is 4.98 Å². The number of thioether (sulfide) groups is 1. The van der Waals surface area contributed by atoms with Crippen molar-refractivity contribution in [2.24, 2.45) is 0 Å². The van der Waals surface area contributed by atoms with E-state index >= 15 is 0 Å². The lowest BCUT2D eigenvalue weighted by molar-refractivity contribution is 0.425. The highest BCUT2D eigenvalue weighted by Crippen LogP contribution is 2.23. The summed E-state index contributed by atoms with van der Waals surface area (Å²) in [6.45, 7) is 0. The molecular formula is C14H12N4OS. The Bertz CT molecular complexity index is 682. The number of benzene rings is 1. The van der Waals surface area contributed by atoms with E-state index in [-0.39, 0.29) is 0 Å². The summed E-state index contributed by atoms with van der Waals surface area (Å²) in [5.74, 6) is 2.25. The van der Waals surface area contributed by atoms with E-state index in [1.165, 1.54) is 4.90 Å². The molecule has 100 valence electrons. The standard InChI is InChI=1S/C14H12N4OS/c15-12-7-6-10(8-16-12)14-17-13(18-19-14)9-20-11-4-2-1-3-5-11/h1-8H,9H2,(H2,15,16). The Morgan fingerprint density at radius 1 is 1.10 bits per heavy atom. The van der Waals surface area contributed by atoms with Crippen molar-refractivity contribution >= 4 is 17.6 Å². The number of aromatic nitrogens is 3. The molecule has 6 heteroatoms. The van der Waals surface area contributed by atoms with Gasteiger partial charge in [0.05, 0.1) is 11.3 Å². The van der Waals surface area contributed by atoms with Crippen molar-refractivity contribution in [2.75, 3.05) is 5.73 Å². The Morgan fingerprint density at radius 3 is 2.70 bits per heavy atom. The quantitative estimate of drug-likeness (QED) is 0.742. The van der Waals surface area contributed by atoms with Crippen LogP contribution in [0.4, 0.5) is 5.82 Å². The molecule has 2 aromatic heterocycles. The van der Waals surface area contributed by atoms with Gasteiger partial charge in [-0.05, 0) is 24.3 Å². The van der Waals surface area contributed by atoms with E-state index in [2.05, 4.69) is 27.3 Å². The zero-order valence-corrected chi connectivity index (χ0v) is 11.4. The molecule has 0 aliphatic heterocycles. The van der Waals surface area contributed by atoms with E-state index in [9.17, 15) is 0 Å². The molecule has 0 saturated heterocycles. The molecule has 0 atom stereocenters. The lowest BCUT2D eigenvalue weighted by Gasteiger charge is -1.96. The maximum absolute atomic E-state index is 5.54. The number of hydrogen-bond acceptors (Lipinski definition) is 6. The number of nitrogens with two attached hydrogens (primary N) is 1. The molecule has 0 spiro atoms. The fourth-order valence-corrected chi connectivity index (χ4v) is 2.39. The van der Waals surface area contributed by atoms with Crippen LogP contribution in [0, 0.1) is 0 Å². The van der Waals surface area contributed by atoms with E-state index in [1.54, 1.807) is 24.0 Å². The Hall–Kier alpha value is -2.34. The second kappa shape index (κ2) is 5.75. The average Bonchev–Trinajstić information content (AvgIpc) is 2.96. The molecule has 2 heterocycles. The first-order valence-corrected chi connectivity index (χ1v) is 7.02. The molecule has 0 unspecified atom stereocenters. The number of rotatable bonds is 4. The molecule has 5 nitrogen and oxygen atoms in total. The predicted molar refractivity (Wildman–Crippen MR) is 77.9 cm³/mol. The summed E-state index contributed by atoms with van der Waals surface area (Å²) in [7, 11) is 0. The van der Waals surface area contributed by atoms with E-state index in [4.69, 9.17) is 10.3 Å². The Labute approximate surface area is 120 Å². The van der Waals surface area contributed by atoms with Gasteiger partial charge in [0.15, 0.2) is 5.82 Å². The largest absolute Gasteiger partial charge is 0.384 e. The molecule has 3 aromatic rings. The zero-order valence-electron chi connectivity index (χ0n) is 10.6. The average molecular weight is 284 g/mol. The van der Waals surface area contributed by atoms with Gasteiger partial charge < -0.3 is 10.3 Å². The minimum atomic E-state index is 0.459. The van der Waals surface area contributed by atoms with Gasteiger partial charge in [-0.15, -0.1) is 11.8 Å². The van der Waals surface area contributed by atoms with Crippen LogP contribution >= 0.6 is 11.8 Å². The van der Waals surface area contributed by atoms with Gasteiger partial charge in [-0.1, -0.05) is 23.4 Å². The number of hydrogen-bond donors (Lipinski definition) is 1. The van der Waals surface area contributed by atoms with Gasteiger partial charge in [0.1, 0.15) is 5.82 Å². The van der Waals surface area contributed by atoms with Crippen LogP contribution in [0.2, 0.25) is 0 Å². The molecule has 0 fully saturated rings. The van der Waals surface area contributed by atoms with E-state index in [1.807, 2.05) is 24.3 Å². The van der Waals surface area contributed by atoms with Gasteiger partial charge >= 0.3 is 0 Å². The number of nitrogen functional groups attached to an aromatic ring is 1. The fourth-order valence-electron chi connectivity index (χ4n) is 1.63. The smallest absolute Gasteiger partial charge is 0.259 e. The third kappa shape index (κ3) is 2.97. The van der Waals surface area contributed by atoms with Crippen LogP contribution in [0.5, 0.6) is 0 Å². The zero-order chi connectivity index (χ0) is 13.8. The van der Waals surface area contributed by atoms with E-state index < -0.39 is 0 Å². The molecule has 1 aromatic carbocycles. The van der Waals surface area contributed by atoms with E-state index in [0.29, 0.717) is 23.3 Å². The van der Waals surface area contributed by atoms with Crippen molar-refractivity contribution in [3.8, 4) is 11.5 Å². The molecule has 2 N–H and O–H groups in total. The second-order valence-corrected chi connectivity index (χ2v) is 5.14. The van der Waals surface area contributed by atoms with Crippen LogP contribution < -0.4 is 5.73 Å². The topological polar surface area (TPSA) is 77.8 Å². The molecule has 0 aliphatic rings. The first-order valence-electron chi connectivity index (χ1n) is 6.03. The SMILES string of the molecule is Nc1ccc(-c2nc(CSc3ccccc3)no2)cn1. The third-order valence-corrected chi connectivity index (χ3v) is 3.62. The fraction of sp³-hybridized carbons (Fsp3) is 0.0714. The first kappa shape index (κ1) is 12.7. The summed E-state index contributed by atoms with van der Waals surface area (Å²) in [6, 6.07) is 13.6. The normalized spacial score (nSPS) is 10.6. The summed E-state index contributed by atoms with van der Waals surface area (Å²) in [5, 5.41) is 3.96. The summed E-state index contributed by atoms with van der Waals surface area (Å²) in [6.07, 6.45) is 1.62. The number of anilines is 1. The molecule has 0 saturated carbocycles. The van der Waals surface area contributed by atoms with Crippen molar-refractivity contribution in [3.63, 3.8) is 0 Å². The molecular weight excluding hydrogens is 272 g/mol. The Balaban J connectivity index is 1.69. The maximum atomic E-state index is 5.54. The summed E-state index contributed by atoms with van der Waals surface area (Å²) in [4.78, 5) is 9.52. The van der Waals surface area contributed by atoms with E-state index in [0.717, 1.165) is 5.56 Å². The first-order chi connectivity index (χ1) is 9.81. The van der Waals surface area contributed by atoms with Crippen molar-refractivity contribution in [1.82, 2.24) is 15.1 Å². The molecule has 0 aliphatic carbocycles. The van der Waals surface area contributed by atoms with Crippen molar-refractivity contribution < 1.29 is 4.52 Å². The van der Waals surface area contributed by atoms with Crippen LogP contribution in [0.1, 0.15) is 5.82 Å². The summed E-state index contributed by atoms with van der Waals surface area (Å²) < 4.78 is 5.22. The molecule has 0 bridgehead atoms. The van der Waals surface area contributed by atoms with Crippen LogP contribution in [-0.4, -0.2) is 15.1 Å². The minimum Gasteiger partial charge on any atom is -0.384 e. The highest BCUT2D eigenvalue weighted by molar-refractivity contribution is 7.98. The molecule has 3 rings (SSSR count). The molecule has 20 heavy (non-hydrogen) atoms. The lowest BCUT2D eigenvalue weighted by Crippen LogP contribution is -1.89. The van der Waals surface area contributed by atoms with Gasteiger partial charge in [-0.3, -0.25) is 0 Å². The minimum absolute atomic E-state index is 0.459. The second-order valence-electron chi connectivity index (χ2n) is 4.09. The van der Waals surface area contributed by atoms with Crippen molar-refractivity contribution in [3.05, 3.63) is 54.5 Å². The number of pyridine rings is 1. The predicted octanol–water partition coefficient (Wildman–Crippen LogP) is 3.01. The van der Waals surface area contributed by atoms with Crippen LogP contribution in [0.3, 0.4) is 0 Å². The van der Waals surface area contributed by atoms with Crippen molar-refractivity contribution in [2.45, 2.75) is 10.6 Å². The van der Waals surface area contributed by atoms with Gasteiger partial charge in [0.25, 0.3) is 5.89 Å². The van der Waals surface area contributed by atoms with Crippen LogP contribution in [0.15, 0.2) is 58.1 Å². The Kier molecular flexibility index (Phi) is 3.64. The van der Waals surface area contributed by atoms with Gasteiger partial charge in [0.2, 0.25) is 0 Å². The third-order valence-electron chi connectivity index (χ3n) is 2.61. The van der Waals surface area contributed by atoms with Gasteiger partial charge in [-0.25, -0.2) is 4.98 Å². The maximum Gasteiger partial charge on any atom is 0.259 e. The summed E-state index contributed by atoms with van der Waals surface area (Å²) >= 11 is 1.66. The summed E-state index contributed by atoms with van der Waals surface area (Å²) in [5.41, 5.74) is 6.31.